The van der Waals surface area contributed by atoms with Crippen molar-refractivity contribution in [3.63, 3.8) is 0 Å². The second-order valence-electron chi connectivity index (χ2n) is 5.18. The molecule has 2 aliphatic heterocycles. The Labute approximate surface area is 108 Å². The van der Waals surface area contributed by atoms with E-state index in [1.54, 1.807) is 0 Å². The molecule has 0 radical (unpaired) electrons. The molecular weight excluding hydrogens is 210 g/mol. The van der Waals surface area contributed by atoms with Gasteiger partial charge in [-0.25, -0.2) is 0 Å². The molecule has 0 aromatic carbocycles. The zero-order chi connectivity index (χ0) is 12.7. The Balaban J connectivity index is 0.000000686. The Bertz CT molecular complexity index is 188. The fraction of sp³-hybridized carbons (Fsp3) is 1.00. The number of piperidine rings is 1. The second-order valence-corrected chi connectivity index (χ2v) is 5.18. The van der Waals surface area contributed by atoms with Gasteiger partial charge >= 0.3 is 0 Å². The quantitative estimate of drug-likeness (QED) is 0.748. The van der Waals surface area contributed by atoms with Crippen LogP contribution in [0.2, 0.25) is 0 Å². The Kier molecular flexibility index (Phi) is 7.09. The van der Waals surface area contributed by atoms with Crippen LogP contribution in [0.25, 0.3) is 0 Å². The predicted molar refractivity (Wildman–Crippen MR) is 75.3 cm³/mol. The van der Waals surface area contributed by atoms with Crippen molar-refractivity contribution < 1.29 is 0 Å². The lowest BCUT2D eigenvalue weighted by molar-refractivity contribution is 0.162. The zero-order valence-electron chi connectivity index (χ0n) is 12.3. The summed E-state index contributed by atoms with van der Waals surface area (Å²) in [5.74, 6) is 0.956. The summed E-state index contributed by atoms with van der Waals surface area (Å²) >= 11 is 0. The van der Waals surface area contributed by atoms with E-state index in [9.17, 15) is 0 Å². The van der Waals surface area contributed by atoms with Crippen LogP contribution >= 0.6 is 0 Å². The van der Waals surface area contributed by atoms with Crippen molar-refractivity contribution in [2.45, 2.75) is 33.6 Å². The summed E-state index contributed by atoms with van der Waals surface area (Å²) in [7, 11) is 2.24. The number of hydrogen-bond acceptors (Lipinski definition) is 3. The van der Waals surface area contributed by atoms with Crippen LogP contribution in [0.15, 0.2) is 0 Å². The molecule has 0 spiro atoms. The van der Waals surface area contributed by atoms with E-state index in [4.69, 9.17) is 0 Å². The van der Waals surface area contributed by atoms with E-state index >= 15 is 0 Å². The van der Waals surface area contributed by atoms with Crippen molar-refractivity contribution >= 4 is 0 Å². The van der Waals surface area contributed by atoms with Gasteiger partial charge in [0.1, 0.15) is 0 Å². The van der Waals surface area contributed by atoms with Gasteiger partial charge in [0.15, 0.2) is 0 Å². The van der Waals surface area contributed by atoms with E-state index in [1.807, 2.05) is 13.8 Å². The van der Waals surface area contributed by atoms with Crippen LogP contribution in [-0.4, -0.2) is 67.7 Å². The van der Waals surface area contributed by atoms with Crippen LogP contribution in [-0.2, 0) is 0 Å². The fourth-order valence-corrected chi connectivity index (χ4v) is 2.72. The highest BCUT2D eigenvalue weighted by atomic mass is 15.4. The third-order valence-electron chi connectivity index (χ3n) is 3.93. The third kappa shape index (κ3) is 4.94. The highest BCUT2D eigenvalue weighted by molar-refractivity contribution is 4.77. The van der Waals surface area contributed by atoms with Gasteiger partial charge in [0.2, 0.25) is 0 Å². The molecule has 0 amide bonds. The topological polar surface area (TPSA) is 9.72 Å². The first-order valence-electron chi connectivity index (χ1n) is 7.41. The fourth-order valence-electron chi connectivity index (χ4n) is 2.72. The van der Waals surface area contributed by atoms with Gasteiger partial charge in [0.25, 0.3) is 0 Å². The zero-order valence-corrected chi connectivity index (χ0v) is 12.3. The molecule has 17 heavy (non-hydrogen) atoms. The van der Waals surface area contributed by atoms with Crippen molar-refractivity contribution in [1.29, 1.82) is 0 Å². The Hall–Kier alpha value is -0.120. The average molecular weight is 241 g/mol. The van der Waals surface area contributed by atoms with Crippen molar-refractivity contribution in [2.24, 2.45) is 5.92 Å². The van der Waals surface area contributed by atoms with Crippen LogP contribution in [0, 0.1) is 5.92 Å². The SMILES string of the molecule is CC.CCN1CCN(CC2CCN(C)CC2)C1. The number of likely N-dealkylation sites (N-methyl/N-ethyl adjacent to an activating group) is 1. The van der Waals surface area contributed by atoms with Gasteiger partial charge in [0.05, 0.1) is 6.67 Å². The van der Waals surface area contributed by atoms with Gasteiger partial charge in [-0.1, -0.05) is 20.8 Å². The molecule has 2 heterocycles. The molecule has 0 bridgehead atoms. The van der Waals surface area contributed by atoms with E-state index in [0.29, 0.717) is 0 Å². The number of rotatable bonds is 3. The molecular formula is C14H31N3. The van der Waals surface area contributed by atoms with E-state index in [-0.39, 0.29) is 0 Å². The van der Waals surface area contributed by atoms with Crippen molar-refractivity contribution in [3.8, 4) is 0 Å². The van der Waals surface area contributed by atoms with Crippen LogP contribution in [0.3, 0.4) is 0 Å². The maximum atomic E-state index is 2.64. The second kappa shape index (κ2) is 8.06. The lowest BCUT2D eigenvalue weighted by Gasteiger charge is -2.31. The minimum absolute atomic E-state index is 0.956. The summed E-state index contributed by atoms with van der Waals surface area (Å²) in [4.78, 5) is 7.63. The van der Waals surface area contributed by atoms with E-state index < -0.39 is 0 Å². The van der Waals surface area contributed by atoms with Crippen LogP contribution in [0.4, 0.5) is 0 Å². The highest BCUT2D eigenvalue weighted by Crippen LogP contribution is 2.18. The largest absolute Gasteiger partial charge is 0.306 e. The molecule has 2 fully saturated rings. The molecule has 0 aliphatic carbocycles. The van der Waals surface area contributed by atoms with Gasteiger partial charge in [-0.15, -0.1) is 0 Å². The number of nitrogens with zero attached hydrogens (tertiary/aromatic N) is 3. The van der Waals surface area contributed by atoms with E-state index in [2.05, 4.69) is 28.7 Å². The summed E-state index contributed by atoms with van der Waals surface area (Å²) < 4.78 is 0. The minimum atomic E-state index is 0.956. The standard InChI is InChI=1S/C12H25N3.C2H6/c1-3-14-8-9-15(11-14)10-12-4-6-13(2)7-5-12;1-2/h12H,3-11H2,1-2H3;1-2H3. The summed E-state index contributed by atoms with van der Waals surface area (Å²) in [5, 5.41) is 0. The monoisotopic (exact) mass is 241 g/mol. The molecule has 0 unspecified atom stereocenters. The molecule has 102 valence electrons. The van der Waals surface area contributed by atoms with Gasteiger partial charge in [0, 0.05) is 19.6 Å². The van der Waals surface area contributed by atoms with Crippen LogP contribution in [0.1, 0.15) is 33.6 Å². The normalized spacial score (nSPS) is 24.7. The summed E-state index contributed by atoms with van der Waals surface area (Å²) in [6, 6.07) is 0. The van der Waals surface area contributed by atoms with Crippen LogP contribution < -0.4 is 0 Å². The molecule has 2 saturated heterocycles. The van der Waals surface area contributed by atoms with Crippen molar-refractivity contribution in [3.05, 3.63) is 0 Å². The predicted octanol–water partition coefficient (Wildman–Crippen LogP) is 1.95. The molecule has 3 heteroatoms. The maximum Gasteiger partial charge on any atom is 0.0507 e. The van der Waals surface area contributed by atoms with Gasteiger partial charge < -0.3 is 4.90 Å². The minimum Gasteiger partial charge on any atom is -0.306 e. The van der Waals surface area contributed by atoms with E-state index in [0.717, 1.165) is 5.92 Å². The summed E-state index contributed by atoms with van der Waals surface area (Å²) in [6.07, 6.45) is 2.80. The smallest absolute Gasteiger partial charge is 0.0507 e. The first-order valence-corrected chi connectivity index (χ1v) is 7.41. The summed E-state index contributed by atoms with van der Waals surface area (Å²) in [5.41, 5.74) is 0. The van der Waals surface area contributed by atoms with Gasteiger partial charge in [-0.3, -0.25) is 9.80 Å². The first-order chi connectivity index (χ1) is 8.28. The Morgan fingerprint density at radius 3 is 2.06 bits per heavy atom. The first kappa shape index (κ1) is 14.9. The Morgan fingerprint density at radius 2 is 1.53 bits per heavy atom. The van der Waals surface area contributed by atoms with Gasteiger partial charge in [-0.2, -0.15) is 0 Å². The highest BCUT2D eigenvalue weighted by Gasteiger charge is 2.23. The molecule has 0 atom stereocenters. The van der Waals surface area contributed by atoms with Crippen LogP contribution in [0.5, 0.6) is 0 Å². The lowest BCUT2D eigenvalue weighted by atomic mass is 9.97. The molecule has 3 nitrogen and oxygen atoms in total. The molecule has 2 rings (SSSR count). The van der Waals surface area contributed by atoms with Gasteiger partial charge in [-0.05, 0) is 45.4 Å². The summed E-state index contributed by atoms with van der Waals surface area (Å²) in [6.45, 7) is 15.2. The number of likely N-dealkylation sites (tertiary alicyclic amines) is 1. The van der Waals surface area contributed by atoms with Crippen molar-refractivity contribution in [2.75, 3.05) is 53.0 Å². The molecule has 0 N–H and O–H groups in total. The molecule has 2 aliphatic rings. The molecule has 0 aromatic heterocycles. The third-order valence-corrected chi connectivity index (χ3v) is 3.93. The lowest BCUT2D eigenvalue weighted by Crippen LogP contribution is -2.36. The number of hydrogen-bond donors (Lipinski definition) is 0. The Morgan fingerprint density at radius 1 is 0.941 bits per heavy atom. The van der Waals surface area contributed by atoms with Crippen molar-refractivity contribution in [1.82, 2.24) is 14.7 Å². The molecule has 0 aromatic rings. The average Bonchev–Trinajstić information content (AvgIpc) is 2.82. The molecule has 0 saturated carbocycles. The van der Waals surface area contributed by atoms with E-state index in [1.165, 1.54) is 58.8 Å². The maximum absolute atomic E-state index is 2.64.